The highest BCUT2D eigenvalue weighted by Gasteiger charge is 2.36. The predicted octanol–water partition coefficient (Wildman–Crippen LogP) is 4.73. The first kappa shape index (κ1) is 25.9. The fourth-order valence-corrected chi connectivity index (χ4v) is 6.18. The van der Waals surface area contributed by atoms with Crippen molar-refractivity contribution in [1.29, 1.82) is 0 Å². The van der Waals surface area contributed by atoms with Crippen molar-refractivity contribution in [1.82, 2.24) is 4.57 Å². The van der Waals surface area contributed by atoms with Gasteiger partial charge in [0.2, 0.25) is 0 Å². The zero-order valence-corrected chi connectivity index (χ0v) is 23.7. The number of aromatic nitrogens is 1. The van der Waals surface area contributed by atoms with E-state index in [4.69, 9.17) is 14.2 Å². The number of hydrogen-bond donors (Lipinski definition) is 0. The number of halogens is 1. The molecule has 2 heterocycles. The third-order valence-electron chi connectivity index (χ3n) is 6.42. The first-order chi connectivity index (χ1) is 18.4. The monoisotopic (exact) mass is 592 g/mol. The van der Waals surface area contributed by atoms with Gasteiger partial charge in [0.1, 0.15) is 17.5 Å². The summed E-state index contributed by atoms with van der Waals surface area (Å²) in [5.74, 6) is 0.680. The lowest BCUT2D eigenvalue weighted by Gasteiger charge is -2.27. The Kier molecular flexibility index (Phi) is 7.23. The van der Waals surface area contributed by atoms with Gasteiger partial charge >= 0.3 is 5.97 Å². The van der Waals surface area contributed by atoms with Gasteiger partial charge in [0.05, 0.1) is 36.6 Å². The molecule has 7 nitrogen and oxygen atoms in total. The Bertz CT molecular complexity index is 1790. The molecule has 0 saturated carbocycles. The first-order valence-electron chi connectivity index (χ1n) is 12.0. The van der Waals surface area contributed by atoms with Gasteiger partial charge in [-0.3, -0.25) is 9.36 Å². The van der Waals surface area contributed by atoms with Crippen LogP contribution >= 0.6 is 27.3 Å². The Balaban J connectivity index is 1.86. The fraction of sp³-hybridized carbons (Fsp3) is 0.207. The molecule has 0 fully saturated rings. The number of fused-ring (bicyclic) bond motifs is 2. The summed E-state index contributed by atoms with van der Waals surface area (Å²) in [6.45, 7) is 3.72. The molecule has 1 aromatic heterocycles. The van der Waals surface area contributed by atoms with Crippen LogP contribution in [-0.2, 0) is 9.53 Å². The minimum Gasteiger partial charge on any atom is -0.496 e. The summed E-state index contributed by atoms with van der Waals surface area (Å²) < 4.78 is 19.6. The lowest BCUT2D eigenvalue weighted by atomic mass is 9.90. The minimum atomic E-state index is -0.794. The lowest BCUT2D eigenvalue weighted by molar-refractivity contribution is -0.139. The highest BCUT2D eigenvalue weighted by molar-refractivity contribution is 9.10. The quantitative estimate of drug-likeness (QED) is 0.302. The van der Waals surface area contributed by atoms with E-state index < -0.39 is 12.0 Å². The summed E-state index contributed by atoms with van der Waals surface area (Å²) in [6, 6.07) is 16.4. The average Bonchev–Trinajstić information content (AvgIpc) is 3.21. The van der Waals surface area contributed by atoms with Crippen LogP contribution in [0.5, 0.6) is 11.5 Å². The van der Waals surface area contributed by atoms with Crippen molar-refractivity contribution in [2.24, 2.45) is 4.99 Å². The number of methoxy groups -OCH3 is 2. The number of carbonyl (C=O) groups is 1. The molecule has 5 rings (SSSR count). The number of hydrogen-bond acceptors (Lipinski definition) is 7. The number of carbonyl (C=O) groups excluding carboxylic acids is 1. The van der Waals surface area contributed by atoms with Crippen LogP contribution in [0.15, 0.2) is 80.1 Å². The molecule has 0 amide bonds. The van der Waals surface area contributed by atoms with Crippen molar-refractivity contribution in [2.75, 3.05) is 20.8 Å². The lowest BCUT2D eigenvalue weighted by Crippen LogP contribution is -2.40. The van der Waals surface area contributed by atoms with E-state index in [0.717, 1.165) is 20.8 Å². The van der Waals surface area contributed by atoms with E-state index in [9.17, 15) is 9.59 Å². The topological polar surface area (TPSA) is 79.1 Å². The molecule has 1 aliphatic rings. The largest absolute Gasteiger partial charge is 0.496 e. The van der Waals surface area contributed by atoms with Crippen LogP contribution in [0.4, 0.5) is 0 Å². The van der Waals surface area contributed by atoms with Gasteiger partial charge in [-0.1, -0.05) is 57.6 Å². The van der Waals surface area contributed by atoms with Crippen molar-refractivity contribution in [3.8, 4) is 11.5 Å². The maximum Gasteiger partial charge on any atom is 0.338 e. The van der Waals surface area contributed by atoms with Crippen LogP contribution in [0.3, 0.4) is 0 Å². The second-order valence-corrected chi connectivity index (χ2v) is 10.5. The molecule has 1 aliphatic heterocycles. The molecule has 0 aliphatic carbocycles. The molecule has 4 aromatic rings. The average molecular weight is 593 g/mol. The van der Waals surface area contributed by atoms with E-state index in [-0.39, 0.29) is 12.2 Å². The Morgan fingerprint density at radius 1 is 1.11 bits per heavy atom. The highest BCUT2D eigenvalue weighted by atomic mass is 79.9. The molecule has 3 aromatic carbocycles. The van der Waals surface area contributed by atoms with E-state index in [1.807, 2.05) is 54.6 Å². The molecular formula is C29H25BrN2O5S. The maximum atomic E-state index is 14.1. The van der Waals surface area contributed by atoms with Crippen LogP contribution in [-0.4, -0.2) is 31.4 Å². The summed E-state index contributed by atoms with van der Waals surface area (Å²) in [4.78, 5) is 32.6. The van der Waals surface area contributed by atoms with Crippen LogP contribution in [0.25, 0.3) is 16.8 Å². The van der Waals surface area contributed by atoms with Crippen molar-refractivity contribution in [3.63, 3.8) is 0 Å². The zero-order valence-electron chi connectivity index (χ0n) is 21.3. The summed E-state index contributed by atoms with van der Waals surface area (Å²) in [5.41, 5.74) is 1.98. The van der Waals surface area contributed by atoms with Crippen molar-refractivity contribution in [3.05, 3.63) is 101 Å². The molecule has 0 N–H and O–H groups in total. The summed E-state index contributed by atoms with van der Waals surface area (Å²) in [7, 11) is 3.17. The number of nitrogens with zero attached hydrogens (tertiary/aromatic N) is 2. The van der Waals surface area contributed by atoms with Gasteiger partial charge in [0.25, 0.3) is 5.56 Å². The summed E-state index contributed by atoms with van der Waals surface area (Å²) >= 11 is 4.75. The standard InChI is InChI=1S/C29H25BrN2O5S/c1-5-37-28(34)24-16(2)31-29-32(26(24)25-20-9-7-6-8-17(20)10-12-22(25)36-4)27(33)23(38-29)15-18-14-19(30)11-13-21(18)35-3/h6-15,26H,5H2,1-4H3/b23-15+/t26-/m1/s1. The molecule has 1 atom stereocenters. The number of benzene rings is 3. The number of thiazole rings is 1. The van der Waals surface area contributed by atoms with E-state index >= 15 is 0 Å². The minimum absolute atomic E-state index is 0.197. The zero-order chi connectivity index (χ0) is 27.0. The first-order valence-corrected chi connectivity index (χ1v) is 13.6. The molecule has 9 heteroatoms. The molecule has 0 unspecified atom stereocenters. The van der Waals surface area contributed by atoms with E-state index in [0.29, 0.717) is 37.7 Å². The van der Waals surface area contributed by atoms with Crippen molar-refractivity contribution in [2.45, 2.75) is 19.9 Å². The second kappa shape index (κ2) is 10.6. The Hall–Kier alpha value is -3.69. The van der Waals surface area contributed by atoms with Crippen molar-refractivity contribution < 1.29 is 19.0 Å². The summed E-state index contributed by atoms with van der Waals surface area (Å²) in [6.07, 6.45) is 1.79. The SMILES string of the molecule is CCOC(=O)C1=C(C)N=c2s/c(=C/c3cc(Br)ccc3OC)c(=O)n2[C@H]1c1c(OC)ccc2ccccc12. The van der Waals surface area contributed by atoms with Gasteiger partial charge in [-0.15, -0.1) is 0 Å². The van der Waals surface area contributed by atoms with Crippen LogP contribution in [0, 0.1) is 0 Å². The molecular weight excluding hydrogens is 568 g/mol. The third-order valence-corrected chi connectivity index (χ3v) is 7.90. The van der Waals surface area contributed by atoms with Gasteiger partial charge in [0, 0.05) is 15.6 Å². The molecule has 0 spiro atoms. The molecule has 38 heavy (non-hydrogen) atoms. The number of ether oxygens (including phenoxy) is 3. The van der Waals surface area contributed by atoms with Gasteiger partial charge in [-0.05, 0) is 55.0 Å². The Morgan fingerprint density at radius 2 is 1.84 bits per heavy atom. The maximum absolute atomic E-state index is 14.1. The third kappa shape index (κ3) is 4.46. The smallest absolute Gasteiger partial charge is 0.338 e. The number of allylic oxidation sites excluding steroid dienone is 1. The van der Waals surface area contributed by atoms with Crippen LogP contribution in [0.1, 0.15) is 31.0 Å². The van der Waals surface area contributed by atoms with Gasteiger partial charge in [-0.2, -0.15) is 0 Å². The number of esters is 1. The van der Waals surface area contributed by atoms with Crippen LogP contribution in [0.2, 0.25) is 0 Å². The van der Waals surface area contributed by atoms with E-state index in [1.165, 1.54) is 11.3 Å². The van der Waals surface area contributed by atoms with E-state index in [2.05, 4.69) is 20.9 Å². The highest BCUT2D eigenvalue weighted by Crippen LogP contribution is 2.40. The number of rotatable bonds is 6. The van der Waals surface area contributed by atoms with E-state index in [1.54, 1.807) is 38.7 Å². The van der Waals surface area contributed by atoms with Gasteiger partial charge in [0.15, 0.2) is 4.80 Å². The fourth-order valence-electron chi connectivity index (χ4n) is 4.76. The molecule has 0 radical (unpaired) electrons. The van der Waals surface area contributed by atoms with Crippen molar-refractivity contribution >= 4 is 50.1 Å². The van der Waals surface area contributed by atoms with Gasteiger partial charge < -0.3 is 14.2 Å². The normalized spacial score (nSPS) is 15.3. The molecule has 0 bridgehead atoms. The van der Waals surface area contributed by atoms with Gasteiger partial charge in [-0.25, -0.2) is 9.79 Å². The van der Waals surface area contributed by atoms with Crippen LogP contribution < -0.4 is 24.4 Å². The predicted molar refractivity (Wildman–Crippen MR) is 152 cm³/mol. The Morgan fingerprint density at radius 3 is 2.58 bits per heavy atom. The summed E-state index contributed by atoms with van der Waals surface area (Å²) in [5, 5.41) is 1.83. The Labute approximate surface area is 231 Å². The molecule has 0 saturated heterocycles. The molecule has 194 valence electrons. The second-order valence-electron chi connectivity index (χ2n) is 8.59.